The Bertz CT molecular complexity index is 1040. The number of hydrogen-bond donors (Lipinski definition) is 0. The summed E-state index contributed by atoms with van der Waals surface area (Å²) in [4.78, 5) is 21.6. The Hall–Kier alpha value is -1.86. The maximum absolute atomic E-state index is 12.9. The molecule has 1 aliphatic heterocycles. The van der Waals surface area contributed by atoms with Gasteiger partial charge in [-0.15, -0.1) is 0 Å². The van der Waals surface area contributed by atoms with Crippen LogP contribution in [0.3, 0.4) is 0 Å². The number of halogens is 3. The molecule has 0 unspecified atom stereocenters. The van der Waals surface area contributed by atoms with E-state index in [1.807, 2.05) is 29.2 Å². The highest BCUT2D eigenvalue weighted by atomic mass is 35.5. The van der Waals surface area contributed by atoms with Gasteiger partial charge in [-0.2, -0.15) is 4.37 Å². The Kier molecular flexibility index (Phi) is 6.78. The van der Waals surface area contributed by atoms with Crippen LogP contribution in [0.15, 0.2) is 42.5 Å². The van der Waals surface area contributed by atoms with E-state index in [2.05, 4.69) is 9.27 Å². The third kappa shape index (κ3) is 5.06. The lowest BCUT2D eigenvalue weighted by molar-refractivity contribution is 0.0767. The molecule has 1 fully saturated rings. The van der Waals surface area contributed by atoms with E-state index in [9.17, 15) is 4.79 Å². The van der Waals surface area contributed by atoms with E-state index < -0.39 is 0 Å². The highest BCUT2D eigenvalue weighted by Gasteiger charge is 2.23. The van der Waals surface area contributed by atoms with Crippen LogP contribution in [0, 0.1) is 0 Å². The topological polar surface area (TPSA) is 49.3 Å². The standard InChI is InChI=1S/C21H19Cl3N4OS/c22-15-4-2-14(3-5-15)12-19-25-21(30-26-19)28-9-1-8-27(10-11-28)20(29)17-7-6-16(23)13-18(17)24/h2-7,13H,1,8-12H2. The van der Waals surface area contributed by atoms with Gasteiger partial charge in [0.2, 0.25) is 5.13 Å². The summed E-state index contributed by atoms with van der Waals surface area (Å²) in [5.74, 6) is 0.724. The Morgan fingerprint density at radius 1 is 0.967 bits per heavy atom. The minimum absolute atomic E-state index is 0.0702. The van der Waals surface area contributed by atoms with Crippen molar-refractivity contribution in [3.63, 3.8) is 0 Å². The molecule has 3 aromatic rings. The number of nitrogens with zero attached hydrogens (tertiary/aromatic N) is 4. The summed E-state index contributed by atoms with van der Waals surface area (Å²) in [6, 6.07) is 12.7. The van der Waals surface area contributed by atoms with E-state index in [-0.39, 0.29) is 5.91 Å². The fraction of sp³-hybridized carbons (Fsp3) is 0.286. The van der Waals surface area contributed by atoms with E-state index in [0.29, 0.717) is 46.7 Å². The monoisotopic (exact) mass is 480 g/mol. The summed E-state index contributed by atoms with van der Waals surface area (Å²) in [6.45, 7) is 2.80. The summed E-state index contributed by atoms with van der Waals surface area (Å²) in [7, 11) is 0. The van der Waals surface area contributed by atoms with Crippen molar-refractivity contribution in [1.82, 2.24) is 14.3 Å². The zero-order chi connectivity index (χ0) is 21.1. The maximum atomic E-state index is 12.9. The fourth-order valence-electron chi connectivity index (χ4n) is 3.37. The molecule has 0 radical (unpaired) electrons. The first-order chi connectivity index (χ1) is 14.5. The van der Waals surface area contributed by atoms with Crippen LogP contribution in [0.1, 0.15) is 28.2 Å². The summed E-state index contributed by atoms with van der Waals surface area (Å²) >= 11 is 19.5. The molecule has 0 spiro atoms. The largest absolute Gasteiger partial charge is 0.345 e. The molecule has 4 rings (SSSR count). The molecule has 2 heterocycles. The van der Waals surface area contributed by atoms with E-state index >= 15 is 0 Å². The Labute approximate surface area is 194 Å². The average Bonchev–Trinajstić information content (AvgIpc) is 3.04. The molecule has 156 valence electrons. The third-order valence-corrected chi connectivity index (χ3v) is 6.56. The number of carbonyl (C=O) groups excluding carboxylic acids is 1. The first-order valence-corrected chi connectivity index (χ1v) is 11.5. The molecule has 30 heavy (non-hydrogen) atoms. The highest BCUT2D eigenvalue weighted by molar-refractivity contribution is 7.09. The lowest BCUT2D eigenvalue weighted by atomic mass is 10.1. The van der Waals surface area contributed by atoms with Crippen LogP contribution < -0.4 is 4.90 Å². The molecular formula is C21H19Cl3N4OS. The Balaban J connectivity index is 1.40. The van der Waals surface area contributed by atoms with Crippen molar-refractivity contribution >= 4 is 57.4 Å². The number of hydrogen-bond acceptors (Lipinski definition) is 5. The van der Waals surface area contributed by atoms with Gasteiger partial charge < -0.3 is 9.80 Å². The van der Waals surface area contributed by atoms with Gasteiger partial charge in [0.15, 0.2) is 0 Å². The molecule has 0 saturated carbocycles. The van der Waals surface area contributed by atoms with E-state index in [4.69, 9.17) is 39.8 Å². The summed E-state index contributed by atoms with van der Waals surface area (Å²) in [6.07, 6.45) is 1.52. The van der Waals surface area contributed by atoms with Gasteiger partial charge in [-0.05, 0) is 42.3 Å². The number of aromatic nitrogens is 2. The van der Waals surface area contributed by atoms with Crippen LogP contribution in [0.25, 0.3) is 0 Å². The molecule has 5 nitrogen and oxygen atoms in total. The molecule has 1 saturated heterocycles. The van der Waals surface area contributed by atoms with Gasteiger partial charge in [-0.1, -0.05) is 46.9 Å². The van der Waals surface area contributed by atoms with Gasteiger partial charge in [-0.3, -0.25) is 4.79 Å². The van der Waals surface area contributed by atoms with Crippen molar-refractivity contribution in [1.29, 1.82) is 0 Å². The van der Waals surface area contributed by atoms with Crippen molar-refractivity contribution in [2.45, 2.75) is 12.8 Å². The van der Waals surface area contributed by atoms with Gasteiger partial charge >= 0.3 is 0 Å². The summed E-state index contributed by atoms with van der Waals surface area (Å²) < 4.78 is 4.51. The maximum Gasteiger partial charge on any atom is 0.255 e. The normalized spacial score (nSPS) is 14.6. The van der Waals surface area contributed by atoms with Crippen LogP contribution >= 0.6 is 46.3 Å². The quantitative estimate of drug-likeness (QED) is 0.498. The van der Waals surface area contributed by atoms with Gasteiger partial charge in [0.25, 0.3) is 5.91 Å². The second-order valence-electron chi connectivity index (χ2n) is 7.05. The van der Waals surface area contributed by atoms with Crippen LogP contribution in [0.4, 0.5) is 5.13 Å². The van der Waals surface area contributed by atoms with Gasteiger partial charge in [0, 0.05) is 54.2 Å². The molecular weight excluding hydrogens is 463 g/mol. The van der Waals surface area contributed by atoms with Crippen molar-refractivity contribution in [3.05, 3.63) is 74.5 Å². The number of carbonyl (C=O) groups is 1. The predicted octanol–water partition coefficient (Wildman–Crippen LogP) is 5.44. The van der Waals surface area contributed by atoms with Gasteiger partial charge in [0.05, 0.1) is 10.6 Å². The molecule has 0 atom stereocenters. The lowest BCUT2D eigenvalue weighted by Crippen LogP contribution is -2.35. The molecule has 1 amide bonds. The number of benzene rings is 2. The third-order valence-electron chi connectivity index (χ3n) is 4.95. The molecule has 2 aromatic carbocycles. The number of rotatable bonds is 4. The van der Waals surface area contributed by atoms with E-state index in [0.717, 1.165) is 29.5 Å². The molecule has 0 bridgehead atoms. The molecule has 1 aromatic heterocycles. The van der Waals surface area contributed by atoms with Crippen molar-refractivity contribution < 1.29 is 4.79 Å². The van der Waals surface area contributed by atoms with E-state index in [1.54, 1.807) is 18.2 Å². The predicted molar refractivity (Wildman–Crippen MR) is 123 cm³/mol. The smallest absolute Gasteiger partial charge is 0.255 e. The van der Waals surface area contributed by atoms with E-state index in [1.165, 1.54) is 11.5 Å². The zero-order valence-corrected chi connectivity index (χ0v) is 19.1. The van der Waals surface area contributed by atoms with Crippen molar-refractivity contribution in [2.75, 3.05) is 31.1 Å². The molecule has 9 heteroatoms. The van der Waals surface area contributed by atoms with Crippen LogP contribution in [0.5, 0.6) is 0 Å². The minimum atomic E-state index is -0.0702. The summed E-state index contributed by atoms with van der Waals surface area (Å²) in [5, 5.41) is 2.50. The second-order valence-corrected chi connectivity index (χ2v) is 9.06. The first-order valence-electron chi connectivity index (χ1n) is 9.56. The average molecular weight is 482 g/mol. The van der Waals surface area contributed by atoms with Gasteiger partial charge in [-0.25, -0.2) is 4.98 Å². The number of anilines is 1. The lowest BCUT2D eigenvalue weighted by Gasteiger charge is -2.22. The molecule has 0 aliphatic carbocycles. The highest BCUT2D eigenvalue weighted by Crippen LogP contribution is 2.24. The second kappa shape index (κ2) is 9.52. The Morgan fingerprint density at radius 2 is 1.73 bits per heavy atom. The first kappa shape index (κ1) is 21.4. The fourth-order valence-corrected chi connectivity index (χ4v) is 4.73. The van der Waals surface area contributed by atoms with Crippen LogP contribution in [-0.2, 0) is 6.42 Å². The zero-order valence-electron chi connectivity index (χ0n) is 16.0. The SMILES string of the molecule is O=C(c1ccc(Cl)cc1Cl)N1CCCN(c2nc(Cc3ccc(Cl)cc3)ns2)CC1. The van der Waals surface area contributed by atoms with Crippen molar-refractivity contribution in [2.24, 2.45) is 0 Å². The number of amides is 1. The minimum Gasteiger partial charge on any atom is -0.345 e. The summed E-state index contributed by atoms with van der Waals surface area (Å²) in [5.41, 5.74) is 1.60. The molecule has 0 N–H and O–H groups in total. The van der Waals surface area contributed by atoms with Crippen LogP contribution in [-0.4, -0.2) is 46.3 Å². The molecule has 1 aliphatic rings. The Morgan fingerprint density at radius 3 is 2.50 bits per heavy atom. The van der Waals surface area contributed by atoms with Crippen molar-refractivity contribution in [3.8, 4) is 0 Å². The van der Waals surface area contributed by atoms with Crippen LogP contribution in [0.2, 0.25) is 15.1 Å². The van der Waals surface area contributed by atoms with Gasteiger partial charge in [0.1, 0.15) is 5.82 Å².